The number of pyridine rings is 1. The number of benzene rings is 1. The molecule has 28 heavy (non-hydrogen) atoms. The molecule has 6 rings (SSSR count). The van der Waals surface area contributed by atoms with Gasteiger partial charge in [-0.2, -0.15) is 0 Å². The van der Waals surface area contributed by atoms with Crippen LogP contribution in [0.1, 0.15) is 29.9 Å². The molecule has 3 aliphatic rings. The highest BCUT2D eigenvalue weighted by Crippen LogP contribution is 2.30. The van der Waals surface area contributed by atoms with E-state index < -0.39 is 0 Å². The summed E-state index contributed by atoms with van der Waals surface area (Å²) < 4.78 is 13.4. The van der Waals surface area contributed by atoms with Crippen LogP contribution in [0.4, 0.5) is 4.39 Å². The Morgan fingerprint density at radius 1 is 1.11 bits per heavy atom. The molecule has 0 saturated carbocycles. The Balaban J connectivity index is 1.31. The van der Waals surface area contributed by atoms with Crippen LogP contribution in [0.15, 0.2) is 36.7 Å². The van der Waals surface area contributed by atoms with Gasteiger partial charge in [-0.3, -0.25) is 14.8 Å². The van der Waals surface area contributed by atoms with Crippen LogP contribution in [0, 0.1) is 18.7 Å². The maximum atomic E-state index is 13.4. The predicted molar refractivity (Wildman–Crippen MR) is 107 cm³/mol. The summed E-state index contributed by atoms with van der Waals surface area (Å²) in [6, 6.07) is 9.41. The number of aromatic nitrogens is 3. The SMILES string of the molecule is Cc1[nH]cnc1CN1C[C@@H]2CC[C@H](C1)N(Cc1ccc3cc(F)ccc3n1)C2. The Bertz CT molecular complexity index is 984. The van der Waals surface area contributed by atoms with Crippen molar-refractivity contribution in [3.63, 3.8) is 0 Å². The fourth-order valence-corrected chi connectivity index (χ4v) is 4.79. The molecule has 3 saturated heterocycles. The molecule has 3 aliphatic heterocycles. The number of hydrogen-bond donors (Lipinski definition) is 1. The summed E-state index contributed by atoms with van der Waals surface area (Å²) in [5.74, 6) is 0.492. The Morgan fingerprint density at radius 3 is 2.89 bits per heavy atom. The number of nitrogens with one attached hydrogen (secondary N) is 1. The molecular formula is C22H26FN5. The Labute approximate surface area is 164 Å². The average Bonchev–Trinajstić information content (AvgIpc) is 2.89. The summed E-state index contributed by atoms with van der Waals surface area (Å²) in [5.41, 5.74) is 4.28. The van der Waals surface area contributed by atoms with E-state index >= 15 is 0 Å². The smallest absolute Gasteiger partial charge is 0.123 e. The molecule has 5 nitrogen and oxygen atoms in total. The van der Waals surface area contributed by atoms with Gasteiger partial charge in [-0.15, -0.1) is 0 Å². The number of piperidine rings is 1. The molecule has 0 spiro atoms. The Kier molecular flexibility index (Phi) is 4.61. The van der Waals surface area contributed by atoms with Gasteiger partial charge >= 0.3 is 0 Å². The van der Waals surface area contributed by atoms with Crippen molar-refractivity contribution in [1.29, 1.82) is 0 Å². The van der Waals surface area contributed by atoms with E-state index in [2.05, 4.69) is 26.7 Å². The lowest BCUT2D eigenvalue weighted by atomic mass is 9.95. The van der Waals surface area contributed by atoms with E-state index in [1.807, 2.05) is 12.1 Å². The van der Waals surface area contributed by atoms with Gasteiger partial charge in [-0.1, -0.05) is 6.07 Å². The van der Waals surface area contributed by atoms with Crippen molar-refractivity contribution in [3.8, 4) is 0 Å². The van der Waals surface area contributed by atoms with Crippen molar-refractivity contribution < 1.29 is 4.39 Å². The molecule has 2 aromatic heterocycles. The molecule has 6 heteroatoms. The largest absolute Gasteiger partial charge is 0.348 e. The first-order valence-electron chi connectivity index (χ1n) is 10.1. The fourth-order valence-electron chi connectivity index (χ4n) is 4.79. The monoisotopic (exact) mass is 379 g/mol. The first-order valence-corrected chi connectivity index (χ1v) is 10.1. The lowest BCUT2D eigenvalue weighted by Crippen LogP contribution is -2.43. The van der Waals surface area contributed by atoms with Gasteiger partial charge in [0.05, 0.1) is 23.2 Å². The number of H-pyrrole nitrogens is 1. The zero-order valence-corrected chi connectivity index (χ0v) is 16.2. The molecule has 3 aromatic rings. The van der Waals surface area contributed by atoms with Crippen molar-refractivity contribution in [1.82, 2.24) is 24.8 Å². The van der Waals surface area contributed by atoms with Gasteiger partial charge in [0.1, 0.15) is 5.82 Å². The van der Waals surface area contributed by atoms with Crippen LogP contribution in [0.3, 0.4) is 0 Å². The quantitative estimate of drug-likeness (QED) is 0.754. The Morgan fingerprint density at radius 2 is 2.04 bits per heavy atom. The molecule has 146 valence electrons. The lowest BCUT2D eigenvalue weighted by molar-refractivity contribution is 0.121. The third kappa shape index (κ3) is 3.54. The zero-order valence-electron chi connectivity index (χ0n) is 16.2. The van der Waals surface area contributed by atoms with E-state index in [-0.39, 0.29) is 5.82 Å². The van der Waals surface area contributed by atoms with Crippen molar-refractivity contribution >= 4 is 10.9 Å². The number of hydrogen-bond acceptors (Lipinski definition) is 4. The van der Waals surface area contributed by atoms with E-state index in [1.165, 1.54) is 24.6 Å². The summed E-state index contributed by atoms with van der Waals surface area (Å²) in [6.45, 7) is 7.24. The molecule has 3 fully saturated rings. The number of aromatic amines is 1. The molecule has 1 N–H and O–H groups in total. The van der Waals surface area contributed by atoms with Crippen molar-refractivity contribution in [2.75, 3.05) is 19.6 Å². The van der Waals surface area contributed by atoms with Crippen LogP contribution in [0.5, 0.6) is 0 Å². The van der Waals surface area contributed by atoms with Crippen molar-refractivity contribution in [2.45, 2.75) is 38.9 Å². The predicted octanol–water partition coefficient (Wildman–Crippen LogP) is 3.50. The standard InChI is InChI=1S/C22H26FN5/c1-15-22(25-14-24-15)13-27-9-16-2-6-20(12-27)28(10-16)11-19-5-3-17-8-18(23)4-7-21(17)26-19/h3-5,7-8,14,16,20H,2,6,9-13H2,1H3,(H,24,25)/t16-,20+/m0/s1. The summed E-state index contributed by atoms with van der Waals surface area (Å²) in [6.07, 6.45) is 4.35. The Hall–Kier alpha value is -2.31. The molecular weight excluding hydrogens is 353 g/mol. The van der Waals surface area contributed by atoms with Crippen LogP contribution in [0.25, 0.3) is 10.9 Å². The molecule has 5 heterocycles. The summed E-state index contributed by atoms with van der Waals surface area (Å²) >= 11 is 0. The normalized spacial score (nSPS) is 23.4. The maximum absolute atomic E-state index is 13.4. The second-order valence-corrected chi connectivity index (χ2v) is 8.33. The van der Waals surface area contributed by atoms with Crippen LogP contribution >= 0.6 is 0 Å². The minimum Gasteiger partial charge on any atom is -0.348 e. The maximum Gasteiger partial charge on any atom is 0.123 e. The van der Waals surface area contributed by atoms with E-state index in [9.17, 15) is 4.39 Å². The summed E-state index contributed by atoms with van der Waals surface area (Å²) in [7, 11) is 0. The highest BCUT2D eigenvalue weighted by molar-refractivity contribution is 5.78. The zero-order chi connectivity index (χ0) is 19.1. The topological polar surface area (TPSA) is 48.1 Å². The van der Waals surface area contributed by atoms with Crippen molar-refractivity contribution in [3.05, 3.63) is 59.6 Å². The van der Waals surface area contributed by atoms with Gasteiger partial charge in [0.15, 0.2) is 0 Å². The van der Waals surface area contributed by atoms with E-state index in [4.69, 9.17) is 4.98 Å². The van der Waals surface area contributed by atoms with Crippen LogP contribution in [0.2, 0.25) is 0 Å². The number of fused-ring (bicyclic) bond motifs is 5. The number of halogens is 1. The van der Waals surface area contributed by atoms with Crippen molar-refractivity contribution in [2.24, 2.45) is 5.92 Å². The molecule has 0 radical (unpaired) electrons. The lowest BCUT2D eigenvalue weighted by Gasteiger charge is -2.36. The molecule has 1 aromatic carbocycles. The van der Waals surface area contributed by atoms with E-state index in [0.29, 0.717) is 12.0 Å². The third-order valence-corrected chi connectivity index (χ3v) is 6.28. The molecule has 0 amide bonds. The first kappa shape index (κ1) is 17.8. The van der Waals surface area contributed by atoms with Crippen LogP contribution < -0.4 is 0 Å². The third-order valence-electron chi connectivity index (χ3n) is 6.28. The summed E-state index contributed by atoms with van der Waals surface area (Å²) in [4.78, 5) is 17.6. The first-order chi connectivity index (χ1) is 13.6. The van der Waals surface area contributed by atoms with Gasteiger partial charge in [-0.05, 0) is 49.9 Å². The van der Waals surface area contributed by atoms with Gasteiger partial charge < -0.3 is 4.98 Å². The van der Waals surface area contributed by atoms with Gasteiger partial charge in [0, 0.05) is 49.8 Å². The second-order valence-electron chi connectivity index (χ2n) is 8.33. The average molecular weight is 379 g/mol. The number of aryl methyl sites for hydroxylation is 1. The second kappa shape index (κ2) is 7.26. The summed E-state index contributed by atoms with van der Waals surface area (Å²) in [5, 5.41) is 0.863. The minimum atomic E-state index is -0.209. The number of imidazole rings is 1. The van der Waals surface area contributed by atoms with E-state index in [1.54, 1.807) is 18.5 Å². The molecule has 0 aliphatic carbocycles. The molecule has 0 unspecified atom stereocenters. The number of nitrogens with zero attached hydrogens (tertiary/aromatic N) is 4. The highest BCUT2D eigenvalue weighted by atomic mass is 19.1. The number of rotatable bonds is 4. The highest BCUT2D eigenvalue weighted by Gasteiger charge is 2.35. The van der Waals surface area contributed by atoms with Gasteiger partial charge in [0.2, 0.25) is 0 Å². The van der Waals surface area contributed by atoms with Gasteiger partial charge in [0.25, 0.3) is 0 Å². The molecule has 2 atom stereocenters. The van der Waals surface area contributed by atoms with Crippen LogP contribution in [-0.2, 0) is 13.1 Å². The minimum absolute atomic E-state index is 0.209. The fraction of sp³-hybridized carbons (Fsp3) is 0.455. The van der Waals surface area contributed by atoms with E-state index in [0.717, 1.165) is 55.0 Å². The van der Waals surface area contributed by atoms with Gasteiger partial charge in [-0.25, -0.2) is 9.37 Å². The van der Waals surface area contributed by atoms with Crippen LogP contribution in [-0.4, -0.2) is 50.4 Å². The molecule has 2 bridgehead atoms.